The number of carbonyl (C=O) groups is 2. The van der Waals surface area contributed by atoms with Gasteiger partial charge in [0.15, 0.2) is 0 Å². The van der Waals surface area contributed by atoms with Gasteiger partial charge in [-0.15, -0.1) is 0 Å². The van der Waals surface area contributed by atoms with Gasteiger partial charge in [0, 0.05) is 30.3 Å². The number of carbonyl (C=O) groups excluding carboxylic acids is 2. The standard InChI is InChI=1S/C15H18N4O2/c1-11(13-9-17-18-10-13)19-14(20)7-8-16-15(21)12-5-3-2-4-6-12/h2-6,9-11H,7-8H2,1H3,(H,16,21)(H,17,18)(H,19,20). The highest BCUT2D eigenvalue weighted by molar-refractivity contribution is 5.94. The van der Waals surface area contributed by atoms with Crippen molar-refractivity contribution in [2.24, 2.45) is 0 Å². The summed E-state index contributed by atoms with van der Waals surface area (Å²) >= 11 is 0. The fourth-order valence-electron chi connectivity index (χ4n) is 1.88. The summed E-state index contributed by atoms with van der Waals surface area (Å²) in [6, 6.07) is 8.80. The lowest BCUT2D eigenvalue weighted by Gasteiger charge is -2.12. The van der Waals surface area contributed by atoms with Gasteiger partial charge >= 0.3 is 0 Å². The Morgan fingerprint density at radius 1 is 1.29 bits per heavy atom. The van der Waals surface area contributed by atoms with Gasteiger partial charge in [-0.2, -0.15) is 5.10 Å². The highest BCUT2D eigenvalue weighted by Gasteiger charge is 2.11. The zero-order valence-corrected chi connectivity index (χ0v) is 11.8. The van der Waals surface area contributed by atoms with Crippen molar-refractivity contribution in [1.29, 1.82) is 0 Å². The number of hydrogen-bond acceptors (Lipinski definition) is 3. The van der Waals surface area contributed by atoms with E-state index in [-0.39, 0.29) is 24.3 Å². The normalized spacial score (nSPS) is 11.7. The molecule has 1 aromatic carbocycles. The third-order valence-electron chi connectivity index (χ3n) is 3.07. The number of hydrogen-bond donors (Lipinski definition) is 3. The van der Waals surface area contributed by atoms with Crippen LogP contribution in [0.4, 0.5) is 0 Å². The molecule has 1 atom stereocenters. The molecule has 2 rings (SSSR count). The molecule has 1 heterocycles. The van der Waals surface area contributed by atoms with Gasteiger partial charge in [0.05, 0.1) is 12.2 Å². The van der Waals surface area contributed by atoms with Crippen molar-refractivity contribution >= 4 is 11.8 Å². The molecule has 0 spiro atoms. The van der Waals surface area contributed by atoms with Crippen LogP contribution in [0.25, 0.3) is 0 Å². The fraction of sp³-hybridized carbons (Fsp3) is 0.267. The molecule has 1 aromatic heterocycles. The summed E-state index contributed by atoms with van der Waals surface area (Å²) in [6.07, 6.45) is 3.64. The van der Waals surface area contributed by atoms with E-state index in [0.717, 1.165) is 5.56 Å². The first-order valence-electron chi connectivity index (χ1n) is 6.78. The van der Waals surface area contributed by atoms with Gasteiger partial charge in [0.2, 0.25) is 5.91 Å². The molecule has 2 aromatic rings. The maximum Gasteiger partial charge on any atom is 0.251 e. The van der Waals surface area contributed by atoms with E-state index >= 15 is 0 Å². The Morgan fingerprint density at radius 3 is 2.71 bits per heavy atom. The Balaban J connectivity index is 1.71. The Morgan fingerprint density at radius 2 is 2.05 bits per heavy atom. The molecule has 0 saturated carbocycles. The summed E-state index contributed by atoms with van der Waals surface area (Å²) in [6.45, 7) is 2.18. The van der Waals surface area contributed by atoms with Crippen molar-refractivity contribution in [3.63, 3.8) is 0 Å². The molecule has 0 saturated heterocycles. The highest BCUT2D eigenvalue weighted by atomic mass is 16.2. The topological polar surface area (TPSA) is 86.9 Å². The van der Waals surface area contributed by atoms with Crippen LogP contribution in [0.5, 0.6) is 0 Å². The largest absolute Gasteiger partial charge is 0.352 e. The zero-order valence-electron chi connectivity index (χ0n) is 11.8. The Bertz CT molecular complexity index is 581. The van der Waals surface area contributed by atoms with Gasteiger partial charge in [0.25, 0.3) is 5.91 Å². The summed E-state index contributed by atoms with van der Waals surface area (Å²) in [7, 11) is 0. The van der Waals surface area contributed by atoms with Crippen molar-refractivity contribution in [1.82, 2.24) is 20.8 Å². The van der Waals surface area contributed by atoms with Gasteiger partial charge in [-0.1, -0.05) is 18.2 Å². The van der Waals surface area contributed by atoms with E-state index in [1.807, 2.05) is 13.0 Å². The third kappa shape index (κ3) is 4.45. The maximum absolute atomic E-state index is 11.8. The van der Waals surface area contributed by atoms with Crippen LogP contribution in [0.1, 0.15) is 35.3 Å². The first-order valence-corrected chi connectivity index (χ1v) is 6.78. The lowest BCUT2D eigenvalue weighted by Crippen LogP contribution is -2.32. The van der Waals surface area contributed by atoms with Crippen LogP contribution >= 0.6 is 0 Å². The average molecular weight is 286 g/mol. The summed E-state index contributed by atoms with van der Waals surface area (Å²) in [5, 5.41) is 12.1. The van der Waals surface area contributed by atoms with Crippen LogP contribution < -0.4 is 10.6 Å². The van der Waals surface area contributed by atoms with Crippen LogP contribution in [0.2, 0.25) is 0 Å². The van der Waals surface area contributed by atoms with Gasteiger partial charge in [-0.3, -0.25) is 14.7 Å². The predicted octanol–water partition coefficient (Wildman–Crippen LogP) is 1.41. The summed E-state index contributed by atoms with van der Waals surface area (Å²) in [5.74, 6) is -0.289. The molecule has 2 amide bonds. The first kappa shape index (κ1) is 14.8. The number of benzene rings is 1. The van der Waals surface area contributed by atoms with Gasteiger partial charge in [-0.25, -0.2) is 0 Å². The second-order valence-corrected chi connectivity index (χ2v) is 4.69. The minimum absolute atomic E-state index is 0.110. The molecule has 0 aliphatic rings. The number of rotatable bonds is 6. The molecule has 0 bridgehead atoms. The van der Waals surface area contributed by atoms with Crippen LogP contribution in [-0.2, 0) is 4.79 Å². The Labute approximate surface area is 122 Å². The summed E-state index contributed by atoms with van der Waals surface area (Å²) in [5.41, 5.74) is 1.50. The molecule has 110 valence electrons. The van der Waals surface area contributed by atoms with Gasteiger partial charge in [0.1, 0.15) is 0 Å². The van der Waals surface area contributed by atoms with Crippen LogP contribution in [0, 0.1) is 0 Å². The lowest BCUT2D eigenvalue weighted by molar-refractivity contribution is -0.121. The third-order valence-corrected chi connectivity index (χ3v) is 3.07. The molecule has 0 fully saturated rings. The predicted molar refractivity (Wildman–Crippen MR) is 78.5 cm³/mol. The smallest absolute Gasteiger partial charge is 0.251 e. The van der Waals surface area contributed by atoms with E-state index in [1.165, 1.54) is 0 Å². The van der Waals surface area contributed by atoms with Crippen LogP contribution in [-0.4, -0.2) is 28.6 Å². The van der Waals surface area contributed by atoms with Crippen molar-refractivity contribution in [2.75, 3.05) is 6.54 Å². The van der Waals surface area contributed by atoms with Crippen LogP contribution in [0.3, 0.4) is 0 Å². The number of nitrogens with one attached hydrogen (secondary N) is 3. The van der Waals surface area contributed by atoms with E-state index < -0.39 is 0 Å². The molecular formula is C15H18N4O2. The van der Waals surface area contributed by atoms with Gasteiger partial charge < -0.3 is 10.6 Å². The lowest BCUT2D eigenvalue weighted by atomic mass is 10.2. The number of aromatic amines is 1. The molecule has 3 N–H and O–H groups in total. The summed E-state index contributed by atoms with van der Waals surface area (Å²) in [4.78, 5) is 23.6. The van der Waals surface area contributed by atoms with E-state index in [9.17, 15) is 9.59 Å². The number of aromatic nitrogens is 2. The monoisotopic (exact) mass is 286 g/mol. The van der Waals surface area contributed by atoms with Crippen molar-refractivity contribution in [2.45, 2.75) is 19.4 Å². The van der Waals surface area contributed by atoms with E-state index in [1.54, 1.807) is 36.7 Å². The molecule has 0 aliphatic heterocycles. The molecule has 21 heavy (non-hydrogen) atoms. The second kappa shape index (κ2) is 7.23. The second-order valence-electron chi connectivity index (χ2n) is 4.69. The number of amides is 2. The van der Waals surface area contributed by atoms with E-state index in [2.05, 4.69) is 20.8 Å². The van der Waals surface area contributed by atoms with E-state index in [0.29, 0.717) is 12.1 Å². The molecule has 6 nitrogen and oxygen atoms in total. The van der Waals surface area contributed by atoms with Crippen molar-refractivity contribution in [3.8, 4) is 0 Å². The highest BCUT2D eigenvalue weighted by Crippen LogP contribution is 2.08. The zero-order chi connectivity index (χ0) is 15.1. The molecule has 0 radical (unpaired) electrons. The number of H-pyrrole nitrogens is 1. The Hall–Kier alpha value is -2.63. The first-order chi connectivity index (χ1) is 10.2. The molecule has 0 aliphatic carbocycles. The van der Waals surface area contributed by atoms with Crippen molar-refractivity contribution in [3.05, 3.63) is 53.9 Å². The number of nitrogens with zero attached hydrogens (tertiary/aromatic N) is 1. The molecule has 6 heteroatoms. The van der Waals surface area contributed by atoms with Crippen molar-refractivity contribution < 1.29 is 9.59 Å². The van der Waals surface area contributed by atoms with Crippen LogP contribution in [0.15, 0.2) is 42.7 Å². The quantitative estimate of drug-likeness (QED) is 0.750. The Kier molecular flexibility index (Phi) is 5.09. The molecular weight excluding hydrogens is 268 g/mol. The van der Waals surface area contributed by atoms with E-state index in [4.69, 9.17) is 0 Å². The summed E-state index contributed by atoms with van der Waals surface area (Å²) < 4.78 is 0. The average Bonchev–Trinajstić information content (AvgIpc) is 3.02. The minimum atomic E-state index is -0.175. The molecule has 1 unspecified atom stereocenters. The maximum atomic E-state index is 11.8. The minimum Gasteiger partial charge on any atom is -0.352 e. The fourth-order valence-corrected chi connectivity index (χ4v) is 1.88. The van der Waals surface area contributed by atoms with Gasteiger partial charge in [-0.05, 0) is 19.1 Å². The SMILES string of the molecule is CC(NC(=O)CCNC(=O)c1ccccc1)c1cn[nH]c1.